The summed E-state index contributed by atoms with van der Waals surface area (Å²) in [4.78, 5) is 36.6. The molecule has 2 aliphatic carbocycles. The fourth-order valence-corrected chi connectivity index (χ4v) is 5.83. The highest BCUT2D eigenvalue weighted by Gasteiger charge is 2.50. The van der Waals surface area contributed by atoms with Gasteiger partial charge in [-0.25, -0.2) is 12.8 Å². The van der Waals surface area contributed by atoms with Crippen LogP contribution in [0.1, 0.15) is 77.2 Å². The van der Waals surface area contributed by atoms with E-state index in [1.54, 1.807) is 6.92 Å². The van der Waals surface area contributed by atoms with Gasteiger partial charge in [0, 0.05) is 18.3 Å². The highest BCUT2D eigenvalue weighted by Crippen LogP contribution is 2.42. The van der Waals surface area contributed by atoms with Gasteiger partial charge in [-0.15, -0.1) is 0 Å². The minimum Gasteiger partial charge on any atom is -0.376 e. The van der Waals surface area contributed by atoms with Gasteiger partial charge in [-0.1, -0.05) is 31.9 Å². The molecule has 3 fully saturated rings. The molecule has 4 rings (SSSR count). The maximum atomic E-state index is 13.5. The number of hydrogen-bond acceptors (Lipinski definition) is 6. The summed E-state index contributed by atoms with van der Waals surface area (Å²) in [5, 5.41) is 5.57. The normalized spacial score (nSPS) is 22.4. The molecule has 3 atom stereocenters. The Kier molecular flexibility index (Phi) is 11.6. The topological polar surface area (TPSA) is 125 Å². The molecule has 3 N–H and O–H groups in total. The minimum atomic E-state index is -4.69. The highest BCUT2D eigenvalue weighted by atomic mass is 32.2. The van der Waals surface area contributed by atoms with Crippen molar-refractivity contribution >= 4 is 33.9 Å². The Morgan fingerprint density at radius 1 is 1.16 bits per heavy atom. The Balaban J connectivity index is 0.000000428. The maximum absolute atomic E-state index is 13.5. The van der Waals surface area contributed by atoms with Crippen LogP contribution < -0.4 is 15.4 Å². The van der Waals surface area contributed by atoms with E-state index in [2.05, 4.69) is 29.7 Å². The number of nitrogens with one attached hydrogen (secondary N) is 3. The van der Waals surface area contributed by atoms with E-state index in [0.717, 1.165) is 31.4 Å². The lowest BCUT2D eigenvalue weighted by molar-refractivity contribution is -0.137. The molecule has 0 unspecified atom stereocenters. The molecule has 1 saturated heterocycles. The van der Waals surface area contributed by atoms with Crippen LogP contribution >= 0.6 is 0 Å². The van der Waals surface area contributed by atoms with Crippen molar-refractivity contribution < 1.29 is 40.4 Å². The van der Waals surface area contributed by atoms with Crippen molar-refractivity contribution in [3.63, 3.8) is 0 Å². The number of carbonyl (C=O) groups excluding carboxylic acids is 3. The molecule has 240 valence electrons. The predicted octanol–water partition coefficient (Wildman–Crippen LogP) is 4.50. The second kappa shape index (κ2) is 14.5. The standard InChI is InChI=1S/C24H31F4N3O2.C5H9NO3S/c1-2-3-4-5-6-8-16-11-20(16)30-23(33)21-9-7-10-31(21)22(32)15-29-19-13-17(24(26,27)28)12-18(25)14-19;1-5(2-3-5)10(8,9)6-4-7/h6,8,12-14,16,20-21,29H,2-5,7,9-11,15H2,1H3,(H,30,33);4H,2-3H2,1H3,(H,6,7)/b8-6-;/t16-,20-,21+;/m1./s1. The predicted molar refractivity (Wildman–Crippen MR) is 154 cm³/mol. The smallest absolute Gasteiger partial charge is 0.376 e. The first-order valence-corrected chi connectivity index (χ1v) is 16.0. The molecule has 9 nitrogen and oxygen atoms in total. The number of benzene rings is 1. The van der Waals surface area contributed by atoms with Crippen molar-refractivity contribution in [2.75, 3.05) is 18.4 Å². The number of amides is 3. The van der Waals surface area contributed by atoms with Crippen molar-refractivity contribution in [2.24, 2.45) is 5.92 Å². The van der Waals surface area contributed by atoms with Gasteiger partial charge in [0.25, 0.3) is 0 Å². The summed E-state index contributed by atoms with van der Waals surface area (Å²) in [7, 11) is -3.35. The van der Waals surface area contributed by atoms with E-state index in [9.17, 15) is 40.4 Å². The van der Waals surface area contributed by atoms with Gasteiger partial charge in [-0.2, -0.15) is 13.2 Å². The van der Waals surface area contributed by atoms with Gasteiger partial charge in [-0.3, -0.25) is 19.1 Å². The Labute approximate surface area is 249 Å². The van der Waals surface area contributed by atoms with Crippen molar-refractivity contribution in [3.05, 3.63) is 41.7 Å². The Hall–Kier alpha value is -3.16. The largest absolute Gasteiger partial charge is 0.416 e. The van der Waals surface area contributed by atoms with Crippen molar-refractivity contribution in [2.45, 2.75) is 94.6 Å². The third-order valence-corrected chi connectivity index (χ3v) is 9.99. The molecular formula is C29H40F4N4O5S. The van der Waals surface area contributed by atoms with E-state index in [1.807, 2.05) is 4.72 Å². The number of nitrogens with zero attached hydrogens (tertiary/aromatic N) is 1. The van der Waals surface area contributed by atoms with Gasteiger partial charge in [0.05, 0.1) is 16.9 Å². The number of likely N-dealkylation sites (tertiary alicyclic amines) is 1. The number of allylic oxidation sites excluding steroid dienone is 1. The average Bonchev–Trinajstić information content (AvgIpc) is 3.81. The van der Waals surface area contributed by atoms with Gasteiger partial charge < -0.3 is 15.5 Å². The zero-order valence-electron chi connectivity index (χ0n) is 24.4. The summed E-state index contributed by atoms with van der Waals surface area (Å²) in [6, 6.07) is 1.56. The Morgan fingerprint density at radius 2 is 1.88 bits per heavy atom. The summed E-state index contributed by atoms with van der Waals surface area (Å²) in [5.74, 6) is -1.32. The fraction of sp³-hybridized carbons (Fsp3) is 0.621. The van der Waals surface area contributed by atoms with Crippen molar-refractivity contribution in [1.82, 2.24) is 14.9 Å². The molecule has 1 aromatic rings. The summed E-state index contributed by atoms with van der Waals surface area (Å²) >= 11 is 0. The lowest BCUT2D eigenvalue weighted by Crippen LogP contribution is -2.48. The average molecular weight is 633 g/mol. The summed E-state index contributed by atoms with van der Waals surface area (Å²) in [6.07, 6.45) is 7.83. The molecule has 43 heavy (non-hydrogen) atoms. The molecule has 0 aromatic heterocycles. The maximum Gasteiger partial charge on any atom is 0.416 e. The van der Waals surface area contributed by atoms with E-state index >= 15 is 0 Å². The molecule has 2 saturated carbocycles. The molecule has 3 amide bonds. The van der Waals surface area contributed by atoms with Crippen LogP contribution in [0, 0.1) is 11.7 Å². The Morgan fingerprint density at radius 3 is 2.51 bits per heavy atom. The van der Waals surface area contributed by atoms with Crippen LogP contribution in [0.5, 0.6) is 0 Å². The number of halogens is 4. The second-order valence-electron chi connectivity index (χ2n) is 11.5. The number of sulfonamides is 1. The van der Waals surface area contributed by atoms with Crippen LogP contribution in [0.3, 0.4) is 0 Å². The van der Waals surface area contributed by atoms with E-state index in [0.29, 0.717) is 44.2 Å². The van der Waals surface area contributed by atoms with Crippen LogP contribution in [0.2, 0.25) is 0 Å². The van der Waals surface area contributed by atoms with Crippen LogP contribution in [-0.2, 0) is 30.6 Å². The summed E-state index contributed by atoms with van der Waals surface area (Å²) in [5.41, 5.74) is -1.27. The minimum absolute atomic E-state index is 0.0867. The Bertz CT molecular complexity index is 1280. The zero-order chi connectivity index (χ0) is 31.8. The van der Waals surface area contributed by atoms with Gasteiger partial charge >= 0.3 is 6.18 Å². The van der Waals surface area contributed by atoms with Gasteiger partial charge in [-0.05, 0) is 76.0 Å². The molecule has 3 aliphatic rings. The lowest BCUT2D eigenvalue weighted by atomic mass is 10.2. The van der Waals surface area contributed by atoms with E-state index in [4.69, 9.17) is 0 Å². The number of carbonyl (C=O) groups is 3. The van der Waals surface area contributed by atoms with Crippen LogP contribution in [0.15, 0.2) is 30.4 Å². The molecule has 1 aliphatic heterocycles. The van der Waals surface area contributed by atoms with Crippen LogP contribution in [-0.4, -0.2) is 61.5 Å². The van der Waals surface area contributed by atoms with E-state index in [1.165, 1.54) is 17.7 Å². The van der Waals surface area contributed by atoms with E-state index < -0.39 is 44.3 Å². The highest BCUT2D eigenvalue weighted by molar-refractivity contribution is 7.91. The molecule has 14 heteroatoms. The molecule has 0 radical (unpaired) electrons. The van der Waals surface area contributed by atoms with Crippen LogP contribution in [0.25, 0.3) is 0 Å². The number of anilines is 1. The van der Waals surface area contributed by atoms with Gasteiger partial charge in [0.1, 0.15) is 11.9 Å². The lowest BCUT2D eigenvalue weighted by Gasteiger charge is -2.24. The number of unbranched alkanes of at least 4 members (excludes halogenated alkanes) is 3. The van der Waals surface area contributed by atoms with Gasteiger partial charge in [0.2, 0.25) is 28.2 Å². The first kappa shape index (κ1) is 34.3. The van der Waals surface area contributed by atoms with E-state index in [-0.39, 0.29) is 30.6 Å². The molecular weight excluding hydrogens is 592 g/mol. The van der Waals surface area contributed by atoms with Crippen molar-refractivity contribution in [1.29, 1.82) is 0 Å². The third kappa shape index (κ3) is 9.94. The van der Waals surface area contributed by atoms with Crippen molar-refractivity contribution in [3.8, 4) is 0 Å². The summed E-state index contributed by atoms with van der Waals surface area (Å²) in [6.45, 7) is 3.87. The van der Waals surface area contributed by atoms with Crippen LogP contribution in [0.4, 0.5) is 23.2 Å². The third-order valence-electron chi connectivity index (χ3n) is 7.88. The first-order valence-electron chi connectivity index (χ1n) is 14.5. The fourth-order valence-electron chi connectivity index (χ4n) is 4.78. The monoisotopic (exact) mass is 632 g/mol. The number of rotatable bonds is 13. The number of hydrogen-bond donors (Lipinski definition) is 3. The number of alkyl halides is 3. The van der Waals surface area contributed by atoms with Gasteiger partial charge in [0.15, 0.2) is 0 Å². The summed E-state index contributed by atoms with van der Waals surface area (Å²) < 4.78 is 75.2. The molecule has 1 heterocycles. The SMILES string of the molecule is CC1(S(=O)(=O)NC=O)CC1.CCCCC/C=C\[C@@H]1C[C@H]1NC(=O)[C@@H]1CCCN1C(=O)CNc1cc(F)cc(C(F)(F)F)c1. The quantitative estimate of drug-likeness (QED) is 0.127. The first-order chi connectivity index (χ1) is 20.2. The second-order valence-corrected chi connectivity index (χ2v) is 13.7. The molecule has 0 bridgehead atoms. The zero-order valence-corrected chi connectivity index (χ0v) is 25.2. The molecule has 0 spiro atoms. The molecule has 1 aromatic carbocycles.